The maximum absolute atomic E-state index is 9.44. The van der Waals surface area contributed by atoms with Crippen LogP contribution in [0.4, 0.5) is 5.82 Å². The Morgan fingerprint density at radius 2 is 2.38 bits per heavy atom. The molecule has 0 amide bonds. The fraction of sp³-hybridized carbons (Fsp3) is 0.545. The van der Waals surface area contributed by atoms with Gasteiger partial charge in [0.1, 0.15) is 0 Å². The van der Waals surface area contributed by atoms with Crippen LogP contribution in [0.15, 0.2) is 11.6 Å². The van der Waals surface area contributed by atoms with Gasteiger partial charge in [0.05, 0.1) is 12.3 Å². The van der Waals surface area contributed by atoms with Crippen LogP contribution < -0.4 is 4.90 Å². The summed E-state index contributed by atoms with van der Waals surface area (Å²) in [5, 5.41) is 11.4. The third-order valence-electron chi connectivity index (χ3n) is 3.08. The van der Waals surface area contributed by atoms with E-state index >= 15 is 0 Å². The van der Waals surface area contributed by atoms with Gasteiger partial charge in [0.15, 0.2) is 10.8 Å². The Kier molecular flexibility index (Phi) is 3.16. The molecule has 5 heteroatoms. The number of hydrogen-bond donors (Lipinski definition) is 1. The smallest absolute Gasteiger partial charge is 0.195 e. The molecule has 2 heterocycles. The molecule has 0 radical (unpaired) electrons. The van der Waals surface area contributed by atoms with Gasteiger partial charge in [-0.05, 0) is 13.3 Å². The van der Waals surface area contributed by atoms with E-state index in [1.807, 2.05) is 23.0 Å². The number of aromatic nitrogens is 2. The van der Waals surface area contributed by atoms with Gasteiger partial charge in [-0.3, -0.25) is 4.40 Å². The molecule has 0 saturated carbocycles. The zero-order chi connectivity index (χ0) is 11.7. The molecular weight excluding hydrogens is 222 g/mol. The van der Waals surface area contributed by atoms with Crippen molar-refractivity contribution in [2.75, 3.05) is 11.9 Å². The Morgan fingerprint density at radius 1 is 1.62 bits per heavy atom. The molecule has 1 atom stereocenters. The summed E-state index contributed by atoms with van der Waals surface area (Å²) in [7, 11) is 2.03. The maximum Gasteiger partial charge on any atom is 0.195 e. The molecule has 2 aromatic heterocycles. The molecule has 1 unspecified atom stereocenters. The molecule has 88 valence electrons. The van der Waals surface area contributed by atoms with E-state index in [1.54, 1.807) is 11.3 Å². The zero-order valence-corrected chi connectivity index (χ0v) is 10.7. The summed E-state index contributed by atoms with van der Waals surface area (Å²) < 4.78 is 1.96. The Labute approximate surface area is 99.2 Å². The first-order valence-electron chi connectivity index (χ1n) is 5.47. The molecule has 0 saturated heterocycles. The van der Waals surface area contributed by atoms with Crippen molar-refractivity contribution >= 4 is 22.1 Å². The van der Waals surface area contributed by atoms with Gasteiger partial charge < -0.3 is 10.0 Å². The minimum absolute atomic E-state index is 0.0218. The van der Waals surface area contributed by atoms with Gasteiger partial charge in [-0.15, -0.1) is 11.3 Å². The first-order chi connectivity index (χ1) is 7.69. The van der Waals surface area contributed by atoms with Crippen molar-refractivity contribution in [3.8, 4) is 0 Å². The van der Waals surface area contributed by atoms with E-state index in [0.29, 0.717) is 6.04 Å². The van der Waals surface area contributed by atoms with Crippen molar-refractivity contribution in [1.82, 2.24) is 9.38 Å². The highest BCUT2D eigenvalue weighted by Gasteiger charge is 2.18. The van der Waals surface area contributed by atoms with E-state index in [-0.39, 0.29) is 6.61 Å². The number of thiazole rings is 1. The third kappa shape index (κ3) is 1.70. The summed E-state index contributed by atoms with van der Waals surface area (Å²) in [6, 6.07) is 0.426. The number of hydrogen-bond acceptors (Lipinski definition) is 4. The first-order valence-corrected chi connectivity index (χ1v) is 6.35. The second kappa shape index (κ2) is 4.43. The molecule has 0 aliphatic carbocycles. The number of nitrogens with zero attached hydrogens (tertiary/aromatic N) is 3. The van der Waals surface area contributed by atoms with Gasteiger partial charge in [0, 0.05) is 24.7 Å². The van der Waals surface area contributed by atoms with Gasteiger partial charge in [0.2, 0.25) is 0 Å². The Balaban J connectivity index is 2.46. The summed E-state index contributed by atoms with van der Waals surface area (Å²) in [6.07, 6.45) is 3.01. The van der Waals surface area contributed by atoms with E-state index in [4.69, 9.17) is 0 Å². The molecule has 1 N–H and O–H groups in total. The minimum Gasteiger partial charge on any atom is -0.390 e. The monoisotopic (exact) mass is 239 g/mol. The van der Waals surface area contributed by atoms with Crippen molar-refractivity contribution in [3.63, 3.8) is 0 Å². The zero-order valence-electron chi connectivity index (χ0n) is 9.84. The van der Waals surface area contributed by atoms with Crippen LogP contribution in [0.5, 0.6) is 0 Å². The van der Waals surface area contributed by atoms with Crippen LogP contribution in [-0.4, -0.2) is 27.6 Å². The highest BCUT2D eigenvalue weighted by molar-refractivity contribution is 7.15. The molecule has 2 aromatic rings. The quantitative estimate of drug-likeness (QED) is 0.888. The van der Waals surface area contributed by atoms with Crippen LogP contribution in [0.2, 0.25) is 0 Å². The lowest BCUT2D eigenvalue weighted by Gasteiger charge is -2.24. The standard InChI is InChI=1S/C11H17N3OS/c1-4-8(2)13(3)10-9(7-15)14-5-6-16-11(14)12-10/h5-6,8,15H,4,7H2,1-3H3. The van der Waals surface area contributed by atoms with Crippen LogP contribution in [-0.2, 0) is 6.61 Å². The molecular formula is C11H17N3OS. The number of anilines is 1. The van der Waals surface area contributed by atoms with Crippen molar-refractivity contribution in [3.05, 3.63) is 17.3 Å². The Morgan fingerprint density at radius 3 is 3.00 bits per heavy atom. The fourth-order valence-electron chi connectivity index (χ4n) is 1.73. The van der Waals surface area contributed by atoms with Gasteiger partial charge >= 0.3 is 0 Å². The van der Waals surface area contributed by atoms with E-state index in [0.717, 1.165) is 22.9 Å². The molecule has 4 nitrogen and oxygen atoms in total. The van der Waals surface area contributed by atoms with Gasteiger partial charge in [-0.25, -0.2) is 4.98 Å². The fourth-order valence-corrected chi connectivity index (χ4v) is 2.46. The van der Waals surface area contributed by atoms with Gasteiger partial charge in [-0.2, -0.15) is 0 Å². The van der Waals surface area contributed by atoms with E-state index < -0.39 is 0 Å². The molecule has 0 fully saturated rings. The van der Waals surface area contributed by atoms with Crippen LogP contribution in [0.1, 0.15) is 26.0 Å². The average molecular weight is 239 g/mol. The summed E-state index contributed by atoms with van der Waals surface area (Å²) in [4.78, 5) is 7.63. The number of aliphatic hydroxyl groups excluding tert-OH is 1. The van der Waals surface area contributed by atoms with E-state index in [9.17, 15) is 5.11 Å². The average Bonchev–Trinajstić information content (AvgIpc) is 2.86. The Hall–Kier alpha value is -1.07. The minimum atomic E-state index is 0.0218. The van der Waals surface area contributed by atoms with Crippen molar-refractivity contribution in [2.24, 2.45) is 0 Å². The second-order valence-corrected chi connectivity index (χ2v) is 4.84. The predicted octanol–water partition coefficient (Wildman–Crippen LogP) is 2.12. The van der Waals surface area contributed by atoms with Gasteiger partial charge in [-0.1, -0.05) is 6.92 Å². The SMILES string of the molecule is CCC(C)N(C)c1nc2sccn2c1CO. The number of aliphatic hydroxyl groups is 1. The highest BCUT2D eigenvalue weighted by Crippen LogP contribution is 2.25. The largest absolute Gasteiger partial charge is 0.390 e. The van der Waals surface area contributed by atoms with Crippen LogP contribution in [0, 0.1) is 0 Å². The van der Waals surface area contributed by atoms with E-state index in [2.05, 4.69) is 23.7 Å². The molecule has 2 rings (SSSR count). The number of imidazole rings is 1. The molecule has 0 aliphatic heterocycles. The van der Waals surface area contributed by atoms with Crippen molar-refractivity contribution in [1.29, 1.82) is 0 Å². The van der Waals surface area contributed by atoms with Crippen LogP contribution >= 0.6 is 11.3 Å². The predicted molar refractivity (Wildman–Crippen MR) is 67.1 cm³/mol. The second-order valence-electron chi connectivity index (χ2n) is 3.96. The lowest BCUT2D eigenvalue weighted by atomic mass is 10.2. The molecule has 0 aliphatic rings. The van der Waals surface area contributed by atoms with Crippen molar-refractivity contribution in [2.45, 2.75) is 32.9 Å². The van der Waals surface area contributed by atoms with Crippen molar-refractivity contribution < 1.29 is 5.11 Å². The third-order valence-corrected chi connectivity index (χ3v) is 3.83. The normalized spacial score (nSPS) is 13.2. The molecule has 16 heavy (non-hydrogen) atoms. The molecule has 0 aromatic carbocycles. The maximum atomic E-state index is 9.44. The topological polar surface area (TPSA) is 40.8 Å². The Bertz CT molecular complexity index is 476. The number of fused-ring (bicyclic) bond motifs is 1. The lowest BCUT2D eigenvalue weighted by molar-refractivity contribution is 0.276. The van der Waals surface area contributed by atoms with Crippen LogP contribution in [0.3, 0.4) is 0 Å². The highest BCUT2D eigenvalue weighted by atomic mass is 32.1. The summed E-state index contributed by atoms with van der Waals surface area (Å²) >= 11 is 1.59. The van der Waals surface area contributed by atoms with E-state index in [1.165, 1.54) is 0 Å². The van der Waals surface area contributed by atoms with Crippen LogP contribution in [0.25, 0.3) is 4.96 Å². The molecule has 0 spiro atoms. The first kappa shape index (κ1) is 11.4. The van der Waals surface area contributed by atoms with Gasteiger partial charge in [0.25, 0.3) is 0 Å². The lowest BCUT2D eigenvalue weighted by Crippen LogP contribution is -2.29. The number of rotatable bonds is 4. The molecule has 0 bridgehead atoms. The summed E-state index contributed by atoms with van der Waals surface area (Å²) in [5.41, 5.74) is 0.874. The summed E-state index contributed by atoms with van der Waals surface area (Å²) in [5.74, 6) is 0.892. The summed E-state index contributed by atoms with van der Waals surface area (Å²) in [6.45, 7) is 4.33.